The SMILES string of the molecule is O=C(/C=C/c1ccc2c(c1)OCO2)N[C@H](c1cccnc1)C1CCOCC1. The molecule has 4 rings (SSSR count). The van der Waals surface area contributed by atoms with Crippen molar-refractivity contribution < 1.29 is 19.0 Å². The molecule has 0 saturated carbocycles. The second-order valence-corrected chi connectivity index (χ2v) is 6.67. The standard InChI is InChI=1S/C21H22N2O4/c24-20(6-4-15-3-5-18-19(12-15)27-14-26-18)23-21(16-7-10-25-11-8-16)17-2-1-9-22-13-17/h1-6,9,12-13,16,21H,7-8,10-11,14H2,(H,23,24)/b6-4+/t21-/m0/s1. The molecule has 1 aromatic carbocycles. The molecule has 6 nitrogen and oxygen atoms in total. The number of ether oxygens (including phenoxy) is 3. The number of hydrogen-bond donors (Lipinski definition) is 1. The molecular formula is C21H22N2O4. The fraction of sp³-hybridized carbons (Fsp3) is 0.333. The summed E-state index contributed by atoms with van der Waals surface area (Å²) in [6.07, 6.45) is 8.74. The van der Waals surface area contributed by atoms with E-state index in [0.29, 0.717) is 11.7 Å². The van der Waals surface area contributed by atoms with E-state index < -0.39 is 0 Å². The zero-order valence-corrected chi connectivity index (χ0v) is 15.0. The molecule has 27 heavy (non-hydrogen) atoms. The largest absolute Gasteiger partial charge is 0.454 e. The second kappa shape index (κ2) is 8.22. The van der Waals surface area contributed by atoms with Crippen LogP contribution in [0.4, 0.5) is 0 Å². The molecule has 1 N–H and O–H groups in total. The van der Waals surface area contributed by atoms with Gasteiger partial charge in [0, 0.05) is 31.7 Å². The molecule has 6 heteroatoms. The average molecular weight is 366 g/mol. The summed E-state index contributed by atoms with van der Waals surface area (Å²) in [6.45, 7) is 1.69. The Balaban J connectivity index is 1.46. The first-order valence-electron chi connectivity index (χ1n) is 9.15. The van der Waals surface area contributed by atoms with Gasteiger partial charge in [-0.1, -0.05) is 12.1 Å². The fourth-order valence-electron chi connectivity index (χ4n) is 3.47. The Morgan fingerprint density at radius 2 is 2.04 bits per heavy atom. The Kier molecular flexibility index (Phi) is 5.34. The third-order valence-corrected chi connectivity index (χ3v) is 4.90. The Labute approximate surface area is 158 Å². The molecule has 2 aromatic rings. The number of fused-ring (bicyclic) bond motifs is 1. The molecule has 0 bridgehead atoms. The lowest BCUT2D eigenvalue weighted by Crippen LogP contribution is -2.35. The average Bonchev–Trinajstić information content (AvgIpc) is 3.20. The number of nitrogens with zero attached hydrogens (tertiary/aromatic N) is 1. The number of hydrogen-bond acceptors (Lipinski definition) is 5. The van der Waals surface area contributed by atoms with Gasteiger partial charge in [0.1, 0.15) is 0 Å². The molecule has 140 valence electrons. The zero-order chi connectivity index (χ0) is 18.5. The molecule has 1 saturated heterocycles. The van der Waals surface area contributed by atoms with Gasteiger partial charge in [0.15, 0.2) is 11.5 Å². The van der Waals surface area contributed by atoms with Crippen LogP contribution in [-0.2, 0) is 9.53 Å². The lowest BCUT2D eigenvalue weighted by Gasteiger charge is -2.30. The van der Waals surface area contributed by atoms with Crippen LogP contribution in [0.25, 0.3) is 6.08 Å². The molecule has 0 spiro atoms. The van der Waals surface area contributed by atoms with Crippen molar-refractivity contribution >= 4 is 12.0 Å². The highest BCUT2D eigenvalue weighted by Gasteiger charge is 2.26. The third-order valence-electron chi connectivity index (χ3n) is 4.90. The van der Waals surface area contributed by atoms with E-state index in [1.54, 1.807) is 18.3 Å². The van der Waals surface area contributed by atoms with Crippen LogP contribution in [0, 0.1) is 5.92 Å². The summed E-state index contributed by atoms with van der Waals surface area (Å²) in [4.78, 5) is 16.8. The minimum absolute atomic E-state index is 0.0727. The summed E-state index contributed by atoms with van der Waals surface area (Å²) in [5, 5.41) is 3.15. The Hall–Kier alpha value is -2.86. The minimum atomic E-state index is -0.131. The normalized spacial score (nSPS) is 17.8. The lowest BCUT2D eigenvalue weighted by molar-refractivity contribution is -0.117. The molecular weight excluding hydrogens is 344 g/mol. The van der Waals surface area contributed by atoms with Gasteiger partial charge < -0.3 is 19.5 Å². The first-order chi connectivity index (χ1) is 13.3. The van der Waals surface area contributed by atoms with Crippen molar-refractivity contribution in [2.45, 2.75) is 18.9 Å². The molecule has 0 unspecified atom stereocenters. The summed E-state index contributed by atoms with van der Waals surface area (Å²) < 4.78 is 16.1. The van der Waals surface area contributed by atoms with Gasteiger partial charge >= 0.3 is 0 Å². The minimum Gasteiger partial charge on any atom is -0.454 e. The Morgan fingerprint density at radius 1 is 1.19 bits per heavy atom. The van der Waals surface area contributed by atoms with Crippen LogP contribution in [0.2, 0.25) is 0 Å². The van der Waals surface area contributed by atoms with E-state index in [1.165, 1.54) is 0 Å². The summed E-state index contributed by atoms with van der Waals surface area (Å²) in [5.41, 5.74) is 1.91. The second-order valence-electron chi connectivity index (χ2n) is 6.67. The molecule has 2 aliphatic heterocycles. The monoisotopic (exact) mass is 366 g/mol. The van der Waals surface area contributed by atoms with Crippen LogP contribution < -0.4 is 14.8 Å². The van der Waals surface area contributed by atoms with E-state index in [1.807, 2.05) is 36.5 Å². The highest BCUT2D eigenvalue weighted by atomic mass is 16.7. The summed E-state index contributed by atoms with van der Waals surface area (Å²) in [7, 11) is 0. The van der Waals surface area contributed by atoms with E-state index in [0.717, 1.165) is 42.9 Å². The van der Waals surface area contributed by atoms with Gasteiger partial charge in [0.05, 0.1) is 6.04 Å². The summed E-state index contributed by atoms with van der Waals surface area (Å²) >= 11 is 0. The quantitative estimate of drug-likeness (QED) is 0.824. The zero-order valence-electron chi connectivity index (χ0n) is 15.0. The highest BCUT2D eigenvalue weighted by Crippen LogP contribution is 2.33. The molecule has 1 aromatic heterocycles. The number of amides is 1. The van der Waals surface area contributed by atoms with Crippen molar-refractivity contribution in [2.24, 2.45) is 5.92 Å². The lowest BCUT2D eigenvalue weighted by atomic mass is 9.87. The Bertz CT molecular complexity index is 816. The van der Waals surface area contributed by atoms with E-state index >= 15 is 0 Å². The third kappa shape index (κ3) is 4.28. The maximum Gasteiger partial charge on any atom is 0.244 e. The predicted octanol–water partition coefficient (Wildman–Crippen LogP) is 3.11. The molecule has 0 aliphatic carbocycles. The van der Waals surface area contributed by atoms with Gasteiger partial charge in [-0.05, 0) is 54.2 Å². The van der Waals surface area contributed by atoms with Crippen LogP contribution in [0.15, 0.2) is 48.8 Å². The first-order valence-corrected chi connectivity index (χ1v) is 9.15. The van der Waals surface area contributed by atoms with Crippen LogP contribution in [0.1, 0.15) is 30.0 Å². The van der Waals surface area contributed by atoms with Gasteiger partial charge in [-0.2, -0.15) is 0 Å². The van der Waals surface area contributed by atoms with E-state index in [2.05, 4.69) is 10.3 Å². The number of nitrogens with one attached hydrogen (secondary N) is 1. The maximum atomic E-state index is 12.6. The van der Waals surface area contributed by atoms with E-state index in [9.17, 15) is 4.79 Å². The van der Waals surface area contributed by atoms with Crippen molar-refractivity contribution in [1.29, 1.82) is 0 Å². The van der Waals surface area contributed by atoms with Crippen molar-refractivity contribution in [1.82, 2.24) is 10.3 Å². The van der Waals surface area contributed by atoms with Crippen LogP contribution in [0.5, 0.6) is 11.5 Å². The van der Waals surface area contributed by atoms with Gasteiger partial charge in [-0.3, -0.25) is 9.78 Å². The first kappa shape index (κ1) is 17.5. The van der Waals surface area contributed by atoms with Crippen LogP contribution in [-0.4, -0.2) is 30.9 Å². The Morgan fingerprint density at radius 3 is 2.85 bits per heavy atom. The van der Waals surface area contributed by atoms with Gasteiger partial charge in [0.2, 0.25) is 12.7 Å². The number of pyridine rings is 1. The maximum absolute atomic E-state index is 12.6. The molecule has 3 heterocycles. The topological polar surface area (TPSA) is 69.7 Å². The molecule has 2 aliphatic rings. The number of carbonyl (C=O) groups is 1. The summed E-state index contributed by atoms with van der Waals surface area (Å²) in [5.74, 6) is 1.64. The number of carbonyl (C=O) groups excluding carboxylic acids is 1. The number of aromatic nitrogens is 1. The highest BCUT2D eigenvalue weighted by molar-refractivity contribution is 5.92. The van der Waals surface area contributed by atoms with Crippen molar-refractivity contribution in [3.63, 3.8) is 0 Å². The predicted molar refractivity (Wildman–Crippen MR) is 100 cm³/mol. The van der Waals surface area contributed by atoms with Crippen LogP contribution >= 0.6 is 0 Å². The van der Waals surface area contributed by atoms with Crippen molar-refractivity contribution in [3.05, 3.63) is 59.9 Å². The summed E-state index contributed by atoms with van der Waals surface area (Å²) in [6, 6.07) is 9.44. The van der Waals surface area contributed by atoms with Gasteiger partial charge in [0.25, 0.3) is 0 Å². The van der Waals surface area contributed by atoms with Crippen LogP contribution in [0.3, 0.4) is 0 Å². The fourth-order valence-corrected chi connectivity index (χ4v) is 3.47. The smallest absolute Gasteiger partial charge is 0.244 e. The van der Waals surface area contributed by atoms with Gasteiger partial charge in [-0.15, -0.1) is 0 Å². The van der Waals surface area contributed by atoms with Crippen molar-refractivity contribution in [2.75, 3.05) is 20.0 Å². The molecule has 1 fully saturated rings. The molecule has 1 atom stereocenters. The van der Waals surface area contributed by atoms with Gasteiger partial charge in [-0.25, -0.2) is 0 Å². The van der Waals surface area contributed by atoms with E-state index in [4.69, 9.17) is 14.2 Å². The van der Waals surface area contributed by atoms with Crippen molar-refractivity contribution in [3.8, 4) is 11.5 Å². The number of rotatable bonds is 5. The number of benzene rings is 1. The van der Waals surface area contributed by atoms with E-state index in [-0.39, 0.29) is 18.7 Å². The molecule has 1 amide bonds. The molecule has 0 radical (unpaired) electrons.